The van der Waals surface area contributed by atoms with Gasteiger partial charge in [-0.05, 0) is 24.8 Å². The first-order valence-electron chi connectivity index (χ1n) is 3.51. The van der Waals surface area contributed by atoms with E-state index in [0.29, 0.717) is 0 Å². The number of rotatable bonds is 3. The van der Waals surface area contributed by atoms with Gasteiger partial charge in [0.1, 0.15) is 5.75 Å². The molecule has 0 spiro atoms. The maximum absolute atomic E-state index is 5.44. The summed E-state index contributed by atoms with van der Waals surface area (Å²) in [7, 11) is 0. The highest BCUT2D eigenvalue weighted by Crippen LogP contribution is 2.22. The fourth-order valence-electron chi connectivity index (χ4n) is 0.735. The fourth-order valence-corrected chi connectivity index (χ4v) is 1.37. The molecular formula is C8H12OS. The van der Waals surface area contributed by atoms with Crippen molar-refractivity contribution < 1.29 is 4.74 Å². The number of thiophene rings is 1. The third kappa shape index (κ3) is 1.74. The third-order valence-electron chi connectivity index (χ3n) is 1.27. The molecule has 1 nitrogen and oxygen atoms in total. The first-order chi connectivity index (χ1) is 4.84. The summed E-state index contributed by atoms with van der Waals surface area (Å²) in [5.41, 5.74) is 0. The zero-order chi connectivity index (χ0) is 7.40. The molecule has 10 heavy (non-hydrogen) atoms. The van der Waals surface area contributed by atoms with Crippen LogP contribution in [0.3, 0.4) is 0 Å². The molecule has 0 aliphatic heterocycles. The van der Waals surface area contributed by atoms with Crippen LogP contribution in [0.1, 0.15) is 18.2 Å². The lowest BCUT2D eigenvalue weighted by Crippen LogP contribution is -1.93. The zero-order valence-electron chi connectivity index (χ0n) is 6.39. The van der Waals surface area contributed by atoms with Crippen molar-refractivity contribution in [3.8, 4) is 5.75 Å². The summed E-state index contributed by atoms with van der Waals surface area (Å²) in [6.45, 7) is 5.02. The van der Waals surface area contributed by atoms with Gasteiger partial charge >= 0.3 is 0 Å². The first-order valence-corrected chi connectivity index (χ1v) is 4.39. The summed E-state index contributed by atoms with van der Waals surface area (Å²) in [6.07, 6.45) is 1.08. The van der Waals surface area contributed by atoms with Crippen LogP contribution in [0.2, 0.25) is 0 Å². The van der Waals surface area contributed by atoms with Crippen LogP contribution in [0.25, 0.3) is 0 Å². The zero-order valence-corrected chi connectivity index (χ0v) is 7.20. The largest absolute Gasteiger partial charge is 0.492 e. The monoisotopic (exact) mass is 156 g/mol. The summed E-state index contributed by atoms with van der Waals surface area (Å²) < 4.78 is 5.44. The molecule has 0 unspecified atom stereocenters. The smallest absolute Gasteiger partial charge is 0.132 e. The minimum Gasteiger partial charge on any atom is -0.492 e. The van der Waals surface area contributed by atoms with Crippen LogP contribution >= 0.6 is 11.3 Å². The molecule has 0 saturated carbocycles. The summed E-state index contributed by atoms with van der Waals surface area (Å²) in [4.78, 5) is 1.27. The summed E-state index contributed by atoms with van der Waals surface area (Å²) in [5, 5.41) is 2.06. The van der Waals surface area contributed by atoms with Crippen LogP contribution in [0.15, 0.2) is 11.4 Å². The average Bonchev–Trinajstić information content (AvgIpc) is 2.31. The molecule has 0 fully saturated rings. The SMILES string of the molecule is CCCOc1ccsc1C. The molecule has 0 saturated heterocycles. The Labute approximate surface area is 65.6 Å². The molecule has 2 heteroatoms. The lowest BCUT2D eigenvalue weighted by Gasteiger charge is -2.01. The van der Waals surface area contributed by atoms with Gasteiger partial charge in [0.2, 0.25) is 0 Å². The van der Waals surface area contributed by atoms with Crippen LogP contribution in [0.4, 0.5) is 0 Å². The Morgan fingerprint density at radius 2 is 2.40 bits per heavy atom. The molecular weight excluding hydrogens is 144 g/mol. The van der Waals surface area contributed by atoms with E-state index in [9.17, 15) is 0 Å². The quantitative estimate of drug-likeness (QED) is 0.654. The van der Waals surface area contributed by atoms with E-state index in [4.69, 9.17) is 4.74 Å². The number of hydrogen-bond acceptors (Lipinski definition) is 2. The van der Waals surface area contributed by atoms with Crippen molar-refractivity contribution in [2.75, 3.05) is 6.61 Å². The van der Waals surface area contributed by atoms with Crippen molar-refractivity contribution in [3.05, 3.63) is 16.3 Å². The van der Waals surface area contributed by atoms with Crippen LogP contribution in [0.5, 0.6) is 5.75 Å². The van der Waals surface area contributed by atoms with E-state index in [1.165, 1.54) is 4.88 Å². The van der Waals surface area contributed by atoms with Gasteiger partial charge < -0.3 is 4.74 Å². The van der Waals surface area contributed by atoms with Crippen LogP contribution in [-0.2, 0) is 0 Å². The lowest BCUT2D eigenvalue weighted by atomic mass is 10.4. The predicted molar refractivity (Wildman–Crippen MR) is 44.8 cm³/mol. The standard InChI is InChI=1S/C8H12OS/c1-3-5-9-8-4-6-10-7(8)2/h4,6H,3,5H2,1-2H3. The van der Waals surface area contributed by atoms with Crippen molar-refractivity contribution in [1.29, 1.82) is 0 Å². The van der Waals surface area contributed by atoms with Crippen molar-refractivity contribution in [2.24, 2.45) is 0 Å². The summed E-state index contributed by atoms with van der Waals surface area (Å²) in [6, 6.07) is 2.02. The number of aryl methyl sites for hydroxylation is 1. The summed E-state index contributed by atoms with van der Waals surface area (Å²) in [5.74, 6) is 1.05. The summed E-state index contributed by atoms with van der Waals surface area (Å²) >= 11 is 1.73. The van der Waals surface area contributed by atoms with Crippen molar-refractivity contribution >= 4 is 11.3 Å². The molecule has 0 aromatic carbocycles. The molecule has 0 aliphatic carbocycles. The Kier molecular flexibility index (Phi) is 2.75. The van der Waals surface area contributed by atoms with E-state index in [1.807, 2.05) is 6.07 Å². The highest BCUT2D eigenvalue weighted by Gasteiger charge is 1.97. The minimum absolute atomic E-state index is 0.831. The number of hydrogen-bond donors (Lipinski definition) is 0. The van der Waals surface area contributed by atoms with Gasteiger partial charge in [-0.3, -0.25) is 0 Å². The molecule has 0 bridgehead atoms. The van der Waals surface area contributed by atoms with Crippen LogP contribution < -0.4 is 4.74 Å². The average molecular weight is 156 g/mol. The molecule has 56 valence electrons. The molecule has 0 atom stereocenters. The van der Waals surface area contributed by atoms with Gasteiger partial charge in [-0.25, -0.2) is 0 Å². The van der Waals surface area contributed by atoms with Crippen molar-refractivity contribution in [1.82, 2.24) is 0 Å². The topological polar surface area (TPSA) is 9.23 Å². The van der Waals surface area contributed by atoms with Gasteiger partial charge in [-0.1, -0.05) is 6.92 Å². The fraction of sp³-hybridized carbons (Fsp3) is 0.500. The maximum atomic E-state index is 5.44. The Hall–Kier alpha value is -0.500. The molecule has 0 amide bonds. The second kappa shape index (κ2) is 3.62. The third-order valence-corrected chi connectivity index (χ3v) is 2.10. The van der Waals surface area contributed by atoms with Gasteiger partial charge in [0.25, 0.3) is 0 Å². The van der Waals surface area contributed by atoms with Gasteiger partial charge in [0.15, 0.2) is 0 Å². The van der Waals surface area contributed by atoms with Gasteiger partial charge in [0.05, 0.1) is 6.61 Å². The van der Waals surface area contributed by atoms with E-state index in [-0.39, 0.29) is 0 Å². The molecule has 1 aromatic rings. The van der Waals surface area contributed by atoms with Crippen molar-refractivity contribution in [2.45, 2.75) is 20.3 Å². The molecule has 0 aliphatic rings. The van der Waals surface area contributed by atoms with E-state index in [0.717, 1.165) is 18.8 Å². The predicted octanol–water partition coefficient (Wildman–Crippen LogP) is 2.85. The highest BCUT2D eigenvalue weighted by atomic mass is 32.1. The lowest BCUT2D eigenvalue weighted by molar-refractivity contribution is 0.317. The highest BCUT2D eigenvalue weighted by molar-refractivity contribution is 7.10. The first kappa shape index (κ1) is 7.61. The molecule has 0 radical (unpaired) electrons. The van der Waals surface area contributed by atoms with Crippen molar-refractivity contribution in [3.63, 3.8) is 0 Å². The molecule has 1 heterocycles. The Bertz CT molecular complexity index is 193. The Morgan fingerprint density at radius 1 is 1.60 bits per heavy atom. The molecule has 1 rings (SSSR count). The maximum Gasteiger partial charge on any atom is 0.132 e. The number of ether oxygens (including phenoxy) is 1. The van der Waals surface area contributed by atoms with Gasteiger partial charge in [0, 0.05) is 4.88 Å². The van der Waals surface area contributed by atoms with E-state index >= 15 is 0 Å². The molecule has 1 aromatic heterocycles. The second-order valence-electron chi connectivity index (χ2n) is 2.19. The van der Waals surface area contributed by atoms with Gasteiger partial charge in [-0.2, -0.15) is 0 Å². The Morgan fingerprint density at radius 3 is 2.90 bits per heavy atom. The van der Waals surface area contributed by atoms with Gasteiger partial charge in [-0.15, -0.1) is 11.3 Å². The second-order valence-corrected chi connectivity index (χ2v) is 3.31. The molecule has 0 N–H and O–H groups in total. The normalized spacial score (nSPS) is 9.80. The minimum atomic E-state index is 0.831. The van der Waals surface area contributed by atoms with Crippen LogP contribution in [0, 0.1) is 6.92 Å². The van der Waals surface area contributed by atoms with E-state index < -0.39 is 0 Å². The van der Waals surface area contributed by atoms with E-state index in [2.05, 4.69) is 19.2 Å². The van der Waals surface area contributed by atoms with E-state index in [1.54, 1.807) is 11.3 Å². The van der Waals surface area contributed by atoms with Crippen LogP contribution in [-0.4, -0.2) is 6.61 Å². The Balaban J connectivity index is 2.49.